The molecule has 2 rings (SSSR count). The second-order valence-corrected chi connectivity index (χ2v) is 5.21. The molecule has 0 fully saturated rings. The number of aromatic nitrogens is 1. The minimum Gasteiger partial charge on any atom is -0.397 e. The summed E-state index contributed by atoms with van der Waals surface area (Å²) < 4.78 is 0. The standard InChI is InChI=1S/C14H19N3S/c1-18-10-3-2-8-17-13-7-6-12-11(14(13)15)5-4-9-16-12/h4-7,9,17H,2-3,8,10,15H2,1H3. The Morgan fingerprint density at radius 1 is 1.28 bits per heavy atom. The molecule has 0 amide bonds. The first-order valence-corrected chi connectivity index (χ1v) is 7.58. The SMILES string of the molecule is CSCCCCNc1ccc2ncccc2c1N. The van der Waals surface area contributed by atoms with Gasteiger partial charge in [-0.25, -0.2) is 0 Å². The van der Waals surface area contributed by atoms with Crippen molar-refractivity contribution in [3.8, 4) is 0 Å². The van der Waals surface area contributed by atoms with Crippen LogP contribution in [0.3, 0.4) is 0 Å². The van der Waals surface area contributed by atoms with Gasteiger partial charge in [-0.2, -0.15) is 11.8 Å². The number of thioether (sulfide) groups is 1. The van der Waals surface area contributed by atoms with E-state index in [-0.39, 0.29) is 0 Å². The van der Waals surface area contributed by atoms with Crippen molar-refractivity contribution in [3.63, 3.8) is 0 Å². The van der Waals surface area contributed by atoms with Crippen molar-refractivity contribution in [2.45, 2.75) is 12.8 Å². The third kappa shape index (κ3) is 3.07. The van der Waals surface area contributed by atoms with Gasteiger partial charge >= 0.3 is 0 Å². The molecule has 0 saturated heterocycles. The quantitative estimate of drug-likeness (QED) is 0.618. The van der Waals surface area contributed by atoms with Crippen molar-refractivity contribution >= 4 is 34.0 Å². The molecule has 18 heavy (non-hydrogen) atoms. The monoisotopic (exact) mass is 261 g/mol. The van der Waals surface area contributed by atoms with E-state index in [1.165, 1.54) is 18.6 Å². The predicted molar refractivity (Wildman–Crippen MR) is 82.3 cm³/mol. The highest BCUT2D eigenvalue weighted by Gasteiger charge is 2.03. The van der Waals surface area contributed by atoms with Crippen LogP contribution in [0, 0.1) is 0 Å². The van der Waals surface area contributed by atoms with E-state index >= 15 is 0 Å². The summed E-state index contributed by atoms with van der Waals surface area (Å²) in [4.78, 5) is 4.29. The van der Waals surface area contributed by atoms with E-state index in [0.717, 1.165) is 28.8 Å². The largest absolute Gasteiger partial charge is 0.397 e. The molecule has 4 heteroatoms. The Morgan fingerprint density at radius 2 is 2.17 bits per heavy atom. The van der Waals surface area contributed by atoms with E-state index in [4.69, 9.17) is 5.73 Å². The lowest BCUT2D eigenvalue weighted by atomic mass is 10.1. The molecule has 0 radical (unpaired) electrons. The number of hydrogen-bond acceptors (Lipinski definition) is 4. The minimum atomic E-state index is 0.797. The maximum atomic E-state index is 6.15. The highest BCUT2D eigenvalue weighted by Crippen LogP contribution is 2.27. The average Bonchev–Trinajstić information content (AvgIpc) is 2.41. The molecule has 0 atom stereocenters. The normalized spacial score (nSPS) is 10.7. The van der Waals surface area contributed by atoms with Crippen LogP contribution >= 0.6 is 11.8 Å². The van der Waals surface area contributed by atoms with Gasteiger partial charge in [-0.1, -0.05) is 0 Å². The van der Waals surface area contributed by atoms with Gasteiger partial charge in [0.25, 0.3) is 0 Å². The lowest BCUT2D eigenvalue weighted by molar-refractivity contribution is 0.844. The van der Waals surface area contributed by atoms with Gasteiger partial charge in [0, 0.05) is 18.1 Å². The van der Waals surface area contributed by atoms with E-state index < -0.39 is 0 Å². The van der Waals surface area contributed by atoms with Gasteiger partial charge in [0.15, 0.2) is 0 Å². The van der Waals surface area contributed by atoms with Gasteiger partial charge in [0.05, 0.1) is 16.9 Å². The lowest BCUT2D eigenvalue weighted by Crippen LogP contribution is -2.05. The number of anilines is 2. The molecule has 3 nitrogen and oxygen atoms in total. The van der Waals surface area contributed by atoms with Crippen LogP contribution in [0.5, 0.6) is 0 Å². The zero-order valence-electron chi connectivity index (χ0n) is 10.6. The van der Waals surface area contributed by atoms with Gasteiger partial charge < -0.3 is 11.1 Å². The number of rotatable bonds is 6. The number of nitrogens with one attached hydrogen (secondary N) is 1. The second-order valence-electron chi connectivity index (χ2n) is 4.22. The van der Waals surface area contributed by atoms with Crippen molar-refractivity contribution < 1.29 is 0 Å². The van der Waals surface area contributed by atoms with Crippen molar-refractivity contribution in [2.75, 3.05) is 29.6 Å². The van der Waals surface area contributed by atoms with Gasteiger partial charge in [-0.15, -0.1) is 0 Å². The van der Waals surface area contributed by atoms with Gasteiger partial charge in [0.2, 0.25) is 0 Å². The number of nitrogens with two attached hydrogens (primary N) is 1. The third-order valence-electron chi connectivity index (χ3n) is 2.92. The second kappa shape index (κ2) is 6.50. The van der Waals surface area contributed by atoms with Crippen molar-refractivity contribution in [1.29, 1.82) is 0 Å². The van der Waals surface area contributed by atoms with Crippen molar-refractivity contribution in [3.05, 3.63) is 30.5 Å². The first kappa shape index (κ1) is 13.0. The fourth-order valence-corrected chi connectivity index (χ4v) is 2.42. The van der Waals surface area contributed by atoms with E-state index in [0.29, 0.717) is 0 Å². The van der Waals surface area contributed by atoms with E-state index in [2.05, 4.69) is 16.6 Å². The van der Waals surface area contributed by atoms with Gasteiger partial charge in [-0.05, 0) is 49.1 Å². The van der Waals surface area contributed by atoms with Crippen LogP contribution in [0.1, 0.15) is 12.8 Å². The number of unbranched alkanes of at least 4 members (excludes halogenated alkanes) is 1. The maximum absolute atomic E-state index is 6.15. The topological polar surface area (TPSA) is 50.9 Å². The third-order valence-corrected chi connectivity index (χ3v) is 3.61. The van der Waals surface area contributed by atoms with Crippen LogP contribution in [0.15, 0.2) is 30.5 Å². The molecular formula is C14H19N3S. The summed E-state index contributed by atoms with van der Waals surface area (Å²) in [6.07, 6.45) is 6.34. The van der Waals surface area contributed by atoms with Crippen LogP contribution in [0.4, 0.5) is 11.4 Å². The zero-order chi connectivity index (χ0) is 12.8. The smallest absolute Gasteiger partial charge is 0.0724 e. The Kier molecular flexibility index (Phi) is 4.70. The molecule has 0 saturated carbocycles. The number of benzene rings is 1. The van der Waals surface area contributed by atoms with Crippen molar-refractivity contribution in [2.24, 2.45) is 0 Å². The fourth-order valence-electron chi connectivity index (χ4n) is 1.92. The Labute approximate surface area is 112 Å². The van der Waals surface area contributed by atoms with Crippen LogP contribution < -0.4 is 11.1 Å². The lowest BCUT2D eigenvalue weighted by Gasteiger charge is -2.11. The first-order chi connectivity index (χ1) is 8.83. The number of fused-ring (bicyclic) bond motifs is 1. The van der Waals surface area contributed by atoms with Gasteiger partial charge in [0.1, 0.15) is 0 Å². The first-order valence-electron chi connectivity index (χ1n) is 6.19. The summed E-state index contributed by atoms with van der Waals surface area (Å²) in [6.45, 7) is 0.969. The summed E-state index contributed by atoms with van der Waals surface area (Å²) in [5, 5.41) is 4.42. The van der Waals surface area contributed by atoms with Crippen molar-refractivity contribution in [1.82, 2.24) is 4.98 Å². The molecule has 1 heterocycles. The Hall–Kier alpha value is -1.42. The molecule has 2 aromatic rings. The molecule has 0 aliphatic rings. The molecule has 0 unspecified atom stereocenters. The number of hydrogen-bond donors (Lipinski definition) is 2. The van der Waals surface area contributed by atoms with E-state index in [9.17, 15) is 0 Å². The molecular weight excluding hydrogens is 242 g/mol. The summed E-state index contributed by atoms with van der Waals surface area (Å²) in [5.41, 5.74) is 8.91. The van der Waals surface area contributed by atoms with Gasteiger partial charge in [-0.3, -0.25) is 4.98 Å². The summed E-state index contributed by atoms with van der Waals surface area (Å²) in [7, 11) is 0. The maximum Gasteiger partial charge on any atom is 0.0724 e. The summed E-state index contributed by atoms with van der Waals surface area (Å²) in [6, 6.07) is 7.95. The highest BCUT2D eigenvalue weighted by atomic mass is 32.2. The number of pyridine rings is 1. The van der Waals surface area contributed by atoms with Crippen LogP contribution in [0.2, 0.25) is 0 Å². The summed E-state index contributed by atoms with van der Waals surface area (Å²) in [5.74, 6) is 1.22. The molecule has 0 spiro atoms. The van der Waals surface area contributed by atoms with Crippen LogP contribution in [-0.4, -0.2) is 23.5 Å². The average molecular weight is 261 g/mol. The van der Waals surface area contributed by atoms with E-state index in [1.807, 2.05) is 36.0 Å². The summed E-state index contributed by atoms with van der Waals surface area (Å²) >= 11 is 1.89. The van der Waals surface area contributed by atoms with E-state index in [1.54, 1.807) is 6.20 Å². The molecule has 0 aliphatic carbocycles. The highest BCUT2D eigenvalue weighted by molar-refractivity contribution is 7.98. The zero-order valence-corrected chi connectivity index (χ0v) is 11.5. The molecule has 0 bridgehead atoms. The molecule has 96 valence electrons. The molecule has 0 aliphatic heterocycles. The Balaban J connectivity index is 2.03. The van der Waals surface area contributed by atoms with Crippen LogP contribution in [0.25, 0.3) is 10.9 Å². The fraction of sp³-hybridized carbons (Fsp3) is 0.357. The Morgan fingerprint density at radius 3 is 3.00 bits per heavy atom. The number of nitrogen functional groups attached to an aromatic ring is 1. The van der Waals surface area contributed by atoms with Crippen LogP contribution in [-0.2, 0) is 0 Å². The number of nitrogens with zero attached hydrogens (tertiary/aromatic N) is 1. The molecule has 1 aromatic heterocycles. The predicted octanol–water partition coefficient (Wildman–Crippen LogP) is 3.37. The Bertz CT molecular complexity index is 513. The molecule has 1 aromatic carbocycles. The minimum absolute atomic E-state index is 0.797. The molecule has 3 N–H and O–H groups in total.